The average molecular weight is 264 g/mol. The third-order valence-electron chi connectivity index (χ3n) is 3.50. The molecule has 3 heteroatoms. The van der Waals surface area contributed by atoms with Gasteiger partial charge in [-0.25, -0.2) is 0 Å². The number of hydrogen-bond donors (Lipinski definition) is 0. The summed E-state index contributed by atoms with van der Waals surface area (Å²) in [5, 5.41) is 0. The van der Waals surface area contributed by atoms with Crippen LogP contribution in [0.2, 0.25) is 19.6 Å². The minimum atomic E-state index is -1.58. The maximum absolute atomic E-state index is 6.50. The van der Waals surface area contributed by atoms with Gasteiger partial charge in [0.1, 0.15) is 11.7 Å². The molecule has 1 aliphatic heterocycles. The zero-order valence-electron chi connectivity index (χ0n) is 12.1. The smallest absolute Gasteiger partial charge is 0.184 e. The topological polar surface area (TPSA) is 18.5 Å². The van der Waals surface area contributed by atoms with E-state index < -0.39 is 8.32 Å². The van der Waals surface area contributed by atoms with Gasteiger partial charge in [-0.3, -0.25) is 0 Å². The zero-order valence-corrected chi connectivity index (χ0v) is 13.1. The van der Waals surface area contributed by atoms with Crippen LogP contribution in [0.15, 0.2) is 30.3 Å². The Hall–Kier alpha value is -0.643. The molecule has 0 saturated carbocycles. The molecule has 2 nitrogen and oxygen atoms in total. The molecule has 1 fully saturated rings. The zero-order chi connectivity index (χ0) is 13.4. The molecule has 0 bridgehead atoms. The van der Waals surface area contributed by atoms with E-state index in [1.165, 1.54) is 5.56 Å². The summed E-state index contributed by atoms with van der Waals surface area (Å²) < 4.78 is 12.3. The molecule has 1 aromatic rings. The van der Waals surface area contributed by atoms with Crippen LogP contribution < -0.4 is 0 Å². The highest BCUT2D eigenvalue weighted by molar-refractivity contribution is 6.69. The second-order valence-corrected chi connectivity index (χ2v) is 10.9. The Morgan fingerprint density at radius 1 is 1.22 bits per heavy atom. The van der Waals surface area contributed by atoms with Gasteiger partial charge in [0.15, 0.2) is 8.32 Å². The van der Waals surface area contributed by atoms with Crippen LogP contribution in [0.4, 0.5) is 0 Å². The lowest BCUT2D eigenvalue weighted by Gasteiger charge is -2.54. The van der Waals surface area contributed by atoms with E-state index in [0.29, 0.717) is 12.5 Å². The van der Waals surface area contributed by atoms with Gasteiger partial charge in [-0.2, -0.15) is 0 Å². The summed E-state index contributed by atoms with van der Waals surface area (Å²) in [6.07, 6.45) is 0.0884. The molecule has 18 heavy (non-hydrogen) atoms. The lowest BCUT2D eigenvalue weighted by Crippen LogP contribution is -2.61. The second-order valence-electron chi connectivity index (χ2n) is 6.43. The highest BCUT2D eigenvalue weighted by Crippen LogP contribution is 2.48. The SMILES string of the molecule is CC(C)C1(O[Si](C)(C)C)COC1c1ccccc1. The van der Waals surface area contributed by atoms with Crippen LogP contribution >= 0.6 is 0 Å². The van der Waals surface area contributed by atoms with E-state index in [0.717, 1.165) is 0 Å². The molecule has 1 aromatic carbocycles. The van der Waals surface area contributed by atoms with Crippen molar-refractivity contribution in [2.75, 3.05) is 6.61 Å². The largest absolute Gasteiger partial charge is 0.406 e. The minimum Gasteiger partial charge on any atom is -0.406 e. The van der Waals surface area contributed by atoms with Gasteiger partial charge in [0.25, 0.3) is 0 Å². The predicted molar refractivity (Wildman–Crippen MR) is 77.1 cm³/mol. The molecule has 100 valence electrons. The van der Waals surface area contributed by atoms with Crippen molar-refractivity contribution in [2.24, 2.45) is 5.92 Å². The molecule has 2 rings (SSSR count). The van der Waals surface area contributed by atoms with Crippen molar-refractivity contribution in [1.82, 2.24) is 0 Å². The van der Waals surface area contributed by atoms with E-state index in [1.807, 2.05) is 6.07 Å². The van der Waals surface area contributed by atoms with Crippen LogP contribution in [0.25, 0.3) is 0 Å². The fraction of sp³-hybridized carbons (Fsp3) is 0.600. The molecule has 2 atom stereocenters. The summed E-state index contributed by atoms with van der Waals surface area (Å²) in [5.74, 6) is 0.461. The maximum atomic E-state index is 6.50. The molecule has 0 aliphatic carbocycles. The Balaban J connectivity index is 2.27. The van der Waals surface area contributed by atoms with Crippen LogP contribution in [-0.2, 0) is 9.16 Å². The first-order valence-corrected chi connectivity index (χ1v) is 10.1. The summed E-state index contributed by atoms with van der Waals surface area (Å²) >= 11 is 0. The van der Waals surface area contributed by atoms with Crippen molar-refractivity contribution in [3.05, 3.63) is 35.9 Å². The lowest BCUT2D eigenvalue weighted by molar-refractivity contribution is -0.251. The van der Waals surface area contributed by atoms with Crippen LogP contribution in [0.5, 0.6) is 0 Å². The first kappa shape index (κ1) is 13.8. The van der Waals surface area contributed by atoms with Gasteiger partial charge >= 0.3 is 0 Å². The fourth-order valence-corrected chi connectivity index (χ4v) is 4.12. The summed E-state index contributed by atoms with van der Waals surface area (Å²) in [5.41, 5.74) is 1.10. The molecule has 0 N–H and O–H groups in total. The third kappa shape index (κ3) is 2.53. The van der Waals surface area contributed by atoms with E-state index in [-0.39, 0.29) is 11.7 Å². The fourth-order valence-electron chi connectivity index (χ4n) is 2.58. The maximum Gasteiger partial charge on any atom is 0.184 e. The average Bonchev–Trinajstić information content (AvgIpc) is 2.24. The highest BCUT2D eigenvalue weighted by Gasteiger charge is 2.54. The van der Waals surface area contributed by atoms with Crippen LogP contribution in [0, 0.1) is 5.92 Å². The Morgan fingerprint density at radius 3 is 2.22 bits per heavy atom. The van der Waals surface area contributed by atoms with Crippen molar-refractivity contribution < 1.29 is 9.16 Å². The molecule has 1 saturated heterocycles. The van der Waals surface area contributed by atoms with Crippen molar-refractivity contribution in [2.45, 2.75) is 45.2 Å². The Morgan fingerprint density at radius 2 is 1.83 bits per heavy atom. The monoisotopic (exact) mass is 264 g/mol. The van der Waals surface area contributed by atoms with Crippen LogP contribution in [-0.4, -0.2) is 20.5 Å². The van der Waals surface area contributed by atoms with Crippen LogP contribution in [0.1, 0.15) is 25.5 Å². The molecule has 1 heterocycles. The van der Waals surface area contributed by atoms with Gasteiger partial charge < -0.3 is 9.16 Å². The minimum absolute atomic E-state index is 0.0884. The van der Waals surface area contributed by atoms with Gasteiger partial charge in [0, 0.05) is 0 Å². The first-order valence-electron chi connectivity index (χ1n) is 6.72. The summed E-state index contributed by atoms with van der Waals surface area (Å²) in [7, 11) is -1.58. The predicted octanol–water partition coefficient (Wildman–Crippen LogP) is 4.00. The molecule has 0 amide bonds. The number of ether oxygens (including phenoxy) is 1. The molecular formula is C15H24O2Si. The van der Waals surface area contributed by atoms with Crippen molar-refractivity contribution in [3.63, 3.8) is 0 Å². The van der Waals surface area contributed by atoms with Crippen molar-refractivity contribution in [3.8, 4) is 0 Å². The van der Waals surface area contributed by atoms with Gasteiger partial charge in [-0.15, -0.1) is 0 Å². The van der Waals surface area contributed by atoms with E-state index in [4.69, 9.17) is 9.16 Å². The number of rotatable bonds is 4. The molecule has 0 aromatic heterocycles. The molecule has 1 aliphatic rings. The van der Waals surface area contributed by atoms with E-state index in [2.05, 4.69) is 57.8 Å². The normalized spacial score (nSPS) is 28.2. The van der Waals surface area contributed by atoms with E-state index in [1.54, 1.807) is 0 Å². The summed E-state index contributed by atoms with van der Waals surface area (Å²) in [6, 6.07) is 10.4. The van der Waals surface area contributed by atoms with Gasteiger partial charge in [-0.1, -0.05) is 44.2 Å². The highest BCUT2D eigenvalue weighted by atomic mass is 28.4. The molecule has 2 unspecified atom stereocenters. The van der Waals surface area contributed by atoms with Gasteiger partial charge in [-0.05, 0) is 31.1 Å². The molecule has 0 spiro atoms. The van der Waals surface area contributed by atoms with Gasteiger partial charge in [0.2, 0.25) is 0 Å². The second kappa shape index (κ2) is 4.80. The first-order chi connectivity index (χ1) is 8.35. The number of benzene rings is 1. The Labute approximate surface area is 111 Å². The lowest BCUT2D eigenvalue weighted by atomic mass is 9.78. The van der Waals surface area contributed by atoms with E-state index >= 15 is 0 Å². The standard InChI is InChI=1S/C15H24O2Si/c1-12(2)15(17-18(3,4)5)11-16-14(15)13-9-7-6-8-10-13/h6-10,12,14H,11H2,1-5H3. The van der Waals surface area contributed by atoms with Crippen LogP contribution in [0.3, 0.4) is 0 Å². The van der Waals surface area contributed by atoms with E-state index in [9.17, 15) is 0 Å². The quantitative estimate of drug-likeness (QED) is 0.765. The molecule has 0 radical (unpaired) electrons. The number of hydrogen-bond acceptors (Lipinski definition) is 2. The molecular weight excluding hydrogens is 240 g/mol. The third-order valence-corrected chi connectivity index (χ3v) is 4.49. The van der Waals surface area contributed by atoms with Crippen molar-refractivity contribution >= 4 is 8.32 Å². The summed E-state index contributed by atoms with van der Waals surface area (Å²) in [6.45, 7) is 11.9. The summed E-state index contributed by atoms with van der Waals surface area (Å²) in [4.78, 5) is 0. The van der Waals surface area contributed by atoms with Crippen molar-refractivity contribution in [1.29, 1.82) is 0 Å². The Bertz CT molecular complexity index is 397. The van der Waals surface area contributed by atoms with Gasteiger partial charge in [0.05, 0.1) is 6.61 Å². The Kier molecular flexibility index (Phi) is 3.67.